The lowest BCUT2D eigenvalue weighted by atomic mass is 10.1. The number of nitrogens with two attached hydrogens (primary N) is 1. The van der Waals surface area contributed by atoms with Crippen LogP contribution in [0, 0.1) is 13.8 Å². The predicted octanol–water partition coefficient (Wildman–Crippen LogP) is 0.0855. The van der Waals surface area contributed by atoms with Gasteiger partial charge in [0.05, 0.1) is 24.0 Å². The number of aliphatic hydroxyl groups excluding tert-OH is 1. The zero-order chi connectivity index (χ0) is 9.14. The molecule has 0 aliphatic rings. The molecule has 0 fully saturated rings. The van der Waals surface area contributed by atoms with E-state index >= 15 is 0 Å². The third-order valence-corrected chi connectivity index (χ3v) is 1.74. The summed E-state index contributed by atoms with van der Waals surface area (Å²) in [6, 6.07) is 1.50. The van der Waals surface area contributed by atoms with E-state index in [2.05, 4.69) is 10.2 Å². The first-order valence-corrected chi connectivity index (χ1v) is 3.82. The smallest absolute Gasteiger partial charge is 0.0648 e. The molecule has 0 amide bonds. The molecular formula is C8H13N3O. The van der Waals surface area contributed by atoms with Crippen molar-refractivity contribution in [2.24, 2.45) is 5.73 Å². The largest absolute Gasteiger partial charge is 0.394 e. The van der Waals surface area contributed by atoms with Gasteiger partial charge in [-0.05, 0) is 25.5 Å². The zero-order valence-corrected chi connectivity index (χ0v) is 7.28. The molecule has 0 bridgehead atoms. The van der Waals surface area contributed by atoms with Gasteiger partial charge in [0, 0.05) is 0 Å². The van der Waals surface area contributed by atoms with Gasteiger partial charge in [-0.3, -0.25) is 0 Å². The summed E-state index contributed by atoms with van der Waals surface area (Å²) in [5.74, 6) is 0. The standard InChI is InChI=1S/C8H13N3O/c1-5-3-7(8(9)4-12)6(2)11-10-5/h3,8,12H,4,9H2,1-2H3. The minimum absolute atomic E-state index is 0.0635. The topological polar surface area (TPSA) is 72.0 Å². The van der Waals surface area contributed by atoms with Crippen molar-refractivity contribution >= 4 is 0 Å². The summed E-state index contributed by atoms with van der Waals surface area (Å²) in [7, 11) is 0. The summed E-state index contributed by atoms with van der Waals surface area (Å²) in [6.07, 6.45) is 0. The molecule has 12 heavy (non-hydrogen) atoms. The van der Waals surface area contributed by atoms with E-state index in [0.717, 1.165) is 17.0 Å². The highest BCUT2D eigenvalue weighted by Crippen LogP contribution is 2.12. The highest BCUT2D eigenvalue weighted by atomic mass is 16.3. The second-order valence-electron chi connectivity index (χ2n) is 2.82. The van der Waals surface area contributed by atoms with Gasteiger partial charge in [-0.2, -0.15) is 10.2 Å². The lowest BCUT2D eigenvalue weighted by Crippen LogP contribution is -2.17. The first-order valence-electron chi connectivity index (χ1n) is 3.82. The van der Waals surface area contributed by atoms with E-state index in [0.29, 0.717) is 0 Å². The van der Waals surface area contributed by atoms with E-state index < -0.39 is 0 Å². The summed E-state index contributed by atoms with van der Waals surface area (Å²) in [5, 5.41) is 16.6. The van der Waals surface area contributed by atoms with Crippen LogP contribution in [0.15, 0.2) is 6.07 Å². The van der Waals surface area contributed by atoms with Crippen LogP contribution in [0.3, 0.4) is 0 Å². The molecular weight excluding hydrogens is 154 g/mol. The maximum Gasteiger partial charge on any atom is 0.0648 e. The van der Waals surface area contributed by atoms with E-state index in [-0.39, 0.29) is 12.6 Å². The van der Waals surface area contributed by atoms with Crippen molar-refractivity contribution in [3.05, 3.63) is 23.0 Å². The Kier molecular flexibility index (Phi) is 2.73. The Labute approximate surface area is 71.4 Å². The van der Waals surface area contributed by atoms with Gasteiger partial charge in [0.1, 0.15) is 0 Å². The van der Waals surface area contributed by atoms with E-state index in [9.17, 15) is 0 Å². The number of rotatable bonds is 2. The molecule has 1 unspecified atom stereocenters. The Hall–Kier alpha value is -1.00. The van der Waals surface area contributed by atoms with Crippen molar-refractivity contribution < 1.29 is 5.11 Å². The molecule has 1 heterocycles. The second kappa shape index (κ2) is 3.60. The van der Waals surface area contributed by atoms with Crippen LogP contribution in [0.25, 0.3) is 0 Å². The Morgan fingerprint density at radius 2 is 2.17 bits per heavy atom. The number of hydrogen-bond donors (Lipinski definition) is 2. The monoisotopic (exact) mass is 167 g/mol. The third-order valence-electron chi connectivity index (χ3n) is 1.74. The fourth-order valence-electron chi connectivity index (χ4n) is 1.04. The van der Waals surface area contributed by atoms with Crippen molar-refractivity contribution in [3.8, 4) is 0 Å². The molecule has 1 aromatic rings. The summed E-state index contributed by atoms with van der Waals surface area (Å²) in [4.78, 5) is 0. The van der Waals surface area contributed by atoms with Crippen molar-refractivity contribution in [2.45, 2.75) is 19.9 Å². The molecule has 1 atom stereocenters. The normalized spacial score (nSPS) is 13.0. The number of aliphatic hydroxyl groups is 1. The van der Waals surface area contributed by atoms with Gasteiger partial charge >= 0.3 is 0 Å². The van der Waals surface area contributed by atoms with Crippen molar-refractivity contribution in [2.75, 3.05) is 6.61 Å². The lowest BCUT2D eigenvalue weighted by molar-refractivity contribution is 0.267. The SMILES string of the molecule is Cc1cc(C(N)CO)c(C)nn1. The quantitative estimate of drug-likeness (QED) is 0.654. The van der Waals surface area contributed by atoms with Crippen LogP contribution >= 0.6 is 0 Å². The lowest BCUT2D eigenvalue weighted by Gasteiger charge is -2.10. The fraction of sp³-hybridized carbons (Fsp3) is 0.500. The van der Waals surface area contributed by atoms with Gasteiger partial charge in [0.15, 0.2) is 0 Å². The van der Waals surface area contributed by atoms with Gasteiger partial charge in [0.2, 0.25) is 0 Å². The third kappa shape index (κ3) is 1.78. The Morgan fingerprint density at radius 1 is 1.50 bits per heavy atom. The molecule has 3 N–H and O–H groups in total. The second-order valence-corrected chi connectivity index (χ2v) is 2.82. The molecule has 0 aromatic carbocycles. The van der Waals surface area contributed by atoms with Gasteiger partial charge in [-0.1, -0.05) is 0 Å². The van der Waals surface area contributed by atoms with E-state index in [4.69, 9.17) is 10.8 Å². The first kappa shape index (κ1) is 9.09. The Bertz CT molecular complexity index is 275. The van der Waals surface area contributed by atoms with Crippen molar-refractivity contribution in [1.82, 2.24) is 10.2 Å². The molecule has 1 aromatic heterocycles. The van der Waals surface area contributed by atoms with Crippen LogP contribution in [-0.4, -0.2) is 21.9 Å². The fourth-order valence-corrected chi connectivity index (χ4v) is 1.04. The maximum atomic E-state index is 8.83. The van der Waals surface area contributed by atoms with E-state index in [1.54, 1.807) is 0 Å². The molecule has 0 spiro atoms. The van der Waals surface area contributed by atoms with E-state index in [1.165, 1.54) is 0 Å². The van der Waals surface area contributed by atoms with Crippen LogP contribution in [-0.2, 0) is 0 Å². The maximum absolute atomic E-state index is 8.83. The molecule has 0 saturated heterocycles. The summed E-state index contributed by atoms with van der Waals surface area (Å²) < 4.78 is 0. The van der Waals surface area contributed by atoms with Gasteiger partial charge in [-0.25, -0.2) is 0 Å². The molecule has 4 heteroatoms. The van der Waals surface area contributed by atoms with Gasteiger partial charge < -0.3 is 10.8 Å². The summed E-state index contributed by atoms with van der Waals surface area (Å²) in [6.45, 7) is 3.61. The Morgan fingerprint density at radius 3 is 2.75 bits per heavy atom. The number of aromatic nitrogens is 2. The van der Waals surface area contributed by atoms with Crippen LogP contribution in [0.4, 0.5) is 0 Å². The van der Waals surface area contributed by atoms with Crippen LogP contribution in [0.2, 0.25) is 0 Å². The number of aryl methyl sites for hydroxylation is 2. The highest BCUT2D eigenvalue weighted by molar-refractivity contribution is 5.23. The van der Waals surface area contributed by atoms with Gasteiger partial charge in [0.25, 0.3) is 0 Å². The van der Waals surface area contributed by atoms with Gasteiger partial charge in [-0.15, -0.1) is 0 Å². The minimum atomic E-state index is -0.348. The van der Waals surface area contributed by atoms with Crippen LogP contribution in [0.1, 0.15) is 23.0 Å². The molecule has 0 aliphatic carbocycles. The predicted molar refractivity (Wildman–Crippen MR) is 45.5 cm³/mol. The number of hydrogen-bond acceptors (Lipinski definition) is 4. The van der Waals surface area contributed by atoms with Crippen LogP contribution < -0.4 is 5.73 Å². The minimum Gasteiger partial charge on any atom is -0.394 e. The summed E-state index contributed by atoms with van der Waals surface area (Å²) >= 11 is 0. The van der Waals surface area contributed by atoms with Crippen LogP contribution in [0.5, 0.6) is 0 Å². The van der Waals surface area contributed by atoms with E-state index in [1.807, 2.05) is 19.9 Å². The zero-order valence-electron chi connectivity index (χ0n) is 7.28. The number of nitrogens with zero attached hydrogens (tertiary/aromatic N) is 2. The summed E-state index contributed by atoms with van der Waals surface area (Å²) in [5.41, 5.74) is 8.11. The molecule has 0 radical (unpaired) electrons. The molecule has 0 aliphatic heterocycles. The average molecular weight is 167 g/mol. The van der Waals surface area contributed by atoms with Crippen molar-refractivity contribution in [1.29, 1.82) is 0 Å². The molecule has 0 saturated carbocycles. The first-order chi connectivity index (χ1) is 5.65. The average Bonchev–Trinajstić information content (AvgIpc) is 2.08. The molecule has 4 nitrogen and oxygen atoms in total. The molecule has 1 rings (SSSR count). The Balaban J connectivity index is 3.04. The van der Waals surface area contributed by atoms with Crippen molar-refractivity contribution in [3.63, 3.8) is 0 Å². The highest BCUT2D eigenvalue weighted by Gasteiger charge is 2.08. The molecule has 66 valence electrons.